The Bertz CT molecular complexity index is 219. The summed E-state index contributed by atoms with van der Waals surface area (Å²) in [4.78, 5) is 12.5. The van der Waals surface area contributed by atoms with E-state index in [0.29, 0.717) is 24.2 Å². The molecule has 0 aliphatic carbocycles. The maximum atomic E-state index is 12.5. The Morgan fingerprint density at radius 3 is 1.88 bits per heavy atom. The van der Waals surface area contributed by atoms with Gasteiger partial charge < -0.3 is 4.74 Å². The predicted molar refractivity (Wildman–Crippen MR) is 68.4 cm³/mol. The third-order valence-electron chi connectivity index (χ3n) is 3.29. The first-order valence-electron chi connectivity index (χ1n) is 6.31. The van der Waals surface area contributed by atoms with E-state index in [1.807, 2.05) is 13.8 Å². The number of rotatable bonds is 7. The van der Waals surface area contributed by atoms with Crippen molar-refractivity contribution in [2.45, 2.75) is 48.0 Å². The highest BCUT2D eigenvalue weighted by molar-refractivity contribution is 5.87. The largest absolute Gasteiger partial charge is 0.384 e. The number of ketones is 1. The highest BCUT2D eigenvalue weighted by Gasteiger charge is 2.42. The molecule has 0 aliphatic heterocycles. The number of hydrogen-bond donors (Lipinski definition) is 0. The van der Waals surface area contributed by atoms with Gasteiger partial charge in [0.25, 0.3) is 0 Å². The topological polar surface area (TPSA) is 26.3 Å². The number of ether oxygens (including phenoxy) is 1. The predicted octanol–water partition coefficient (Wildman–Crippen LogP) is 3.55. The summed E-state index contributed by atoms with van der Waals surface area (Å²) in [6.07, 6.45) is 0.912. The van der Waals surface area contributed by atoms with Crippen LogP contribution in [0.1, 0.15) is 48.0 Å². The fraction of sp³-hybridized carbons (Fsp3) is 0.929. The molecular weight excluding hydrogens is 200 g/mol. The van der Waals surface area contributed by atoms with Crippen LogP contribution in [0.5, 0.6) is 0 Å². The smallest absolute Gasteiger partial charge is 0.144 e. The first-order chi connectivity index (χ1) is 7.27. The summed E-state index contributed by atoms with van der Waals surface area (Å²) < 4.78 is 5.32. The first kappa shape index (κ1) is 15.6. The van der Waals surface area contributed by atoms with Crippen molar-refractivity contribution in [3.05, 3.63) is 0 Å². The number of methoxy groups -OCH3 is 1. The van der Waals surface area contributed by atoms with Crippen LogP contribution in [0.15, 0.2) is 0 Å². The van der Waals surface area contributed by atoms with Gasteiger partial charge in [-0.25, -0.2) is 0 Å². The molecule has 0 rings (SSSR count). The van der Waals surface area contributed by atoms with Crippen molar-refractivity contribution < 1.29 is 9.53 Å². The van der Waals surface area contributed by atoms with Gasteiger partial charge in [-0.2, -0.15) is 0 Å². The van der Waals surface area contributed by atoms with E-state index in [4.69, 9.17) is 4.74 Å². The molecule has 1 atom stereocenters. The van der Waals surface area contributed by atoms with Crippen LogP contribution in [0.3, 0.4) is 0 Å². The van der Waals surface area contributed by atoms with Crippen molar-refractivity contribution >= 4 is 5.78 Å². The molecule has 0 aromatic carbocycles. The van der Waals surface area contributed by atoms with Gasteiger partial charge in [-0.15, -0.1) is 0 Å². The van der Waals surface area contributed by atoms with Gasteiger partial charge >= 0.3 is 0 Å². The van der Waals surface area contributed by atoms with Gasteiger partial charge in [0.15, 0.2) is 0 Å². The van der Waals surface area contributed by atoms with Crippen LogP contribution in [0.2, 0.25) is 0 Å². The van der Waals surface area contributed by atoms with Gasteiger partial charge in [0.05, 0.1) is 12.0 Å². The summed E-state index contributed by atoms with van der Waals surface area (Å²) in [6, 6.07) is 0. The maximum Gasteiger partial charge on any atom is 0.144 e. The average Bonchev–Trinajstić information content (AvgIpc) is 2.14. The quantitative estimate of drug-likeness (QED) is 0.666. The van der Waals surface area contributed by atoms with Crippen molar-refractivity contribution in [3.8, 4) is 0 Å². The van der Waals surface area contributed by atoms with E-state index >= 15 is 0 Å². The molecule has 1 unspecified atom stereocenters. The van der Waals surface area contributed by atoms with Crippen LogP contribution < -0.4 is 0 Å². The van der Waals surface area contributed by atoms with E-state index in [2.05, 4.69) is 27.7 Å². The summed E-state index contributed by atoms with van der Waals surface area (Å²) in [7, 11) is 1.69. The van der Waals surface area contributed by atoms with E-state index in [-0.39, 0.29) is 11.3 Å². The fourth-order valence-electron chi connectivity index (χ4n) is 2.48. The van der Waals surface area contributed by atoms with E-state index in [9.17, 15) is 4.79 Å². The molecule has 2 nitrogen and oxygen atoms in total. The third-order valence-corrected chi connectivity index (χ3v) is 3.29. The number of Topliss-reactive ketones (excluding diaryl/α,β-unsaturated/α-hetero) is 1. The summed E-state index contributed by atoms with van der Waals surface area (Å²) in [5.74, 6) is 1.26. The van der Waals surface area contributed by atoms with Crippen molar-refractivity contribution in [1.82, 2.24) is 0 Å². The van der Waals surface area contributed by atoms with Crippen LogP contribution in [0.4, 0.5) is 0 Å². The summed E-state index contributed by atoms with van der Waals surface area (Å²) in [5, 5.41) is 0. The molecule has 0 spiro atoms. The van der Waals surface area contributed by atoms with Crippen LogP contribution in [0.25, 0.3) is 0 Å². The van der Waals surface area contributed by atoms with Gasteiger partial charge in [0.1, 0.15) is 5.78 Å². The Labute approximate surface area is 101 Å². The number of carbonyl (C=O) groups excluding carboxylic acids is 1. The Balaban J connectivity index is 5.16. The van der Waals surface area contributed by atoms with Gasteiger partial charge in [-0.3, -0.25) is 4.79 Å². The van der Waals surface area contributed by atoms with Gasteiger partial charge in [0, 0.05) is 13.0 Å². The Kier molecular flexibility index (Phi) is 6.24. The third kappa shape index (κ3) is 3.58. The number of hydrogen-bond acceptors (Lipinski definition) is 2. The molecule has 0 radical (unpaired) electrons. The highest BCUT2D eigenvalue weighted by Crippen LogP contribution is 2.38. The molecular formula is C14H28O2. The molecule has 16 heavy (non-hydrogen) atoms. The molecule has 0 amide bonds. The van der Waals surface area contributed by atoms with Gasteiger partial charge in [0.2, 0.25) is 0 Å². The second-order valence-corrected chi connectivity index (χ2v) is 5.86. The van der Waals surface area contributed by atoms with Crippen molar-refractivity contribution in [2.75, 3.05) is 13.7 Å². The lowest BCUT2D eigenvalue weighted by Gasteiger charge is -2.38. The molecule has 0 fully saturated rings. The molecule has 0 saturated heterocycles. The van der Waals surface area contributed by atoms with Crippen LogP contribution in [0, 0.1) is 23.2 Å². The van der Waals surface area contributed by atoms with Crippen molar-refractivity contribution in [2.24, 2.45) is 23.2 Å². The summed E-state index contributed by atoms with van der Waals surface area (Å²) in [6.45, 7) is 13.1. The molecule has 0 saturated carbocycles. The second kappa shape index (κ2) is 6.39. The normalized spacial score (nSPS) is 15.9. The van der Waals surface area contributed by atoms with Crippen LogP contribution in [-0.2, 0) is 9.53 Å². The number of carbonyl (C=O) groups is 1. The lowest BCUT2D eigenvalue weighted by molar-refractivity contribution is -0.140. The van der Waals surface area contributed by atoms with E-state index < -0.39 is 0 Å². The molecule has 0 aromatic rings. The minimum absolute atomic E-state index is 0.0799. The molecule has 0 aromatic heterocycles. The average molecular weight is 228 g/mol. The molecule has 0 aliphatic rings. The van der Waals surface area contributed by atoms with Crippen LogP contribution >= 0.6 is 0 Å². The van der Waals surface area contributed by atoms with Crippen LogP contribution in [-0.4, -0.2) is 19.5 Å². The molecule has 0 heterocycles. The standard InChI is InChI=1S/C14H28O2/c1-10(2)8-14(9-16-7,12(5)6)13(15)11(3)4/h10-12H,8-9H2,1-7H3. The summed E-state index contributed by atoms with van der Waals surface area (Å²) >= 11 is 0. The SMILES string of the molecule is COCC(CC(C)C)(C(=O)C(C)C)C(C)C. The van der Waals surface area contributed by atoms with E-state index in [1.54, 1.807) is 7.11 Å². The fourth-order valence-corrected chi connectivity index (χ4v) is 2.48. The van der Waals surface area contributed by atoms with Crippen molar-refractivity contribution in [1.29, 1.82) is 0 Å². The monoisotopic (exact) mass is 228 g/mol. The lowest BCUT2D eigenvalue weighted by atomic mass is 9.66. The van der Waals surface area contributed by atoms with Gasteiger partial charge in [-0.1, -0.05) is 41.5 Å². The first-order valence-corrected chi connectivity index (χ1v) is 6.31. The minimum Gasteiger partial charge on any atom is -0.384 e. The Hall–Kier alpha value is -0.370. The summed E-state index contributed by atoms with van der Waals surface area (Å²) in [5.41, 5.74) is -0.308. The zero-order valence-electron chi connectivity index (χ0n) is 12.0. The molecule has 0 bridgehead atoms. The molecule has 2 heteroatoms. The van der Waals surface area contributed by atoms with Crippen molar-refractivity contribution in [3.63, 3.8) is 0 Å². The van der Waals surface area contributed by atoms with E-state index in [0.717, 1.165) is 6.42 Å². The molecule has 96 valence electrons. The Morgan fingerprint density at radius 2 is 1.62 bits per heavy atom. The zero-order chi connectivity index (χ0) is 12.9. The second-order valence-electron chi connectivity index (χ2n) is 5.86. The zero-order valence-corrected chi connectivity index (χ0v) is 12.0. The van der Waals surface area contributed by atoms with Gasteiger partial charge in [-0.05, 0) is 18.3 Å². The van der Waals surface area contributed by atoms with E-state index in [1.165, 1.54) is 0 Å². The minimum atomic E-state index is -0.308. The highest BCUT2D eigenvalue weighted by atomic mass is 16.5. The molecule has 0 N–H and O–H groups in total. The maximum absolute atomic E-state index is 12.5. The lowest BCUT2D eigenvalue weighted by Crippen LogP contribution is -2.44. The Morgan fingerprint density at radius 1 is 1.12 bits per heavy atom.